The fraction of sp³-hybridized carbons (Fsp3) is 0.667. The molecule has 1 aromatic rings. The Hall–Kier alpha value is -1.26. The lowest BCUT2D eigenvalue weighted by Gasteiger charge is -2.26. The first-order chi connectivity index (χ1) is 13.8. The number of nitrogens with zero attached hydrogens (tertiary/aromatic N) is 2. The predicted molar refractivity (Wildman–Crippen MR) is 127 cm³/mol. The molecule has 1 saturated carbocycles. The third-order valence-electron chi connectivity index (χ3n) is 5.33. The van der Waals surface area contributed by atoms with Gasteiger partial charge in [-0.2, -0.15) is 0 Å². The highest BCUT2D eigenvalue weighted by atomic mass is 127. The molecule has 0 aromatic heterocycles. The monoisotopic (exact) mass is 518 g/mol. The maximum atomic E-state index is 6.19. The van der Waals surface area contributed by atoms with Crippen LogP contribution >= 0.6 is 24.0 Å². The lowest BCUT2D eigenvalue weighted by molar-refractivity contribution is 0.0389. The van der Waals surface area contributed by atoms with E-state index < -0.39 is 0 Å². The van der Waals surface area contributed by atoms with Gasteiger partial charge in [-0.15, -0.1) is 24.0 Å². The van der Waals surface area contributed by atoms with Crippen LogP contribution < -0.4 is 20.1 Å². The molecule has 164 valence electrons. The highest BCUT2D eigenvalue weighted by Crippen LogP contribution is 2.32. The van der Waals surface area contributed by atoms with E-state index in [0.29, 0.717) is 12.6 Å². The van der Waals surface area contributed by atoms with E-state index in [0.717, 1.165) is 75.3 Å². The van der Waals surface area contributed by atoms with E-state index in [9.17, 15) is 0 Å². The van der Waals surface area contributed by atoms with Crippen molar-refractivity contribution in [3.63, 3.8) is 0 Å². The van der Waals surface area contributed by atoms with Gasteiger partial charge in [0.1, 0.15) is 0 Å². The molecule has 3 rings (SSSR count). The minimum absolute atomic E-state index is 0. The average molecular weight is 518 g/mol. The summed E-state index contributed by atoms with van der Waals surface area (Å²) in [6.07, 6.45) is 5.07. The first-order valence-electron chi connectivity index (χ1n) is 10.4. The molecule has 0 unspecified atom stereocenters. The summed E-state index contributed by atoms with van der Waals surface area (Å²) in [6.45, 7) is 6.20. The van der Waals surface area contributed by atoms with Crippen molar-refractivity contribution in [1.29, 1.82) is 0 Å². The van der Waals surface area contributed by atoms with Crippen LogP contribution in [-0.2, 0) is 11.3 Å². The van der Waals surface area contributed by atoms with Crippen molar-refractivity contribution in [2.75, 3.05) is 53.6 Å². The zero-order valence-corrected chi connectivity index (χ0v) is 19.9. The third-order valence-corrected chi connectivity index (χ3v) is 5.33. The number of rotatable bonds is 8. The number of hydrogen-bond donors (Lipinski definition) is 2. The Kier molecular flexibility index (Phi) is 10.9. The molecule has 2 fully saturated rings. The highest BCUT2D eigenvalue weighted by molar-refractivity contribution is 14.0. The largest absolute Gasteiger partial charge is 0.493 e. The molecule has 1 heterocycles. The Labute approximate surface area is 191 Å². The van der Waals surface area contributed by atoms with Gasteiger partial charge in [-0.25, -0.2) is 0 Å². The summed E-state index contributed by atoms with van der Waals surface area (Å²) in [4.78, 5) is 6.72. The molecule has 0 spiro atoms. The van der Waals surface area contributed by atoms with Crippen LogP contribution in [0.5, 0.6) is 11.5 Å². The molecule has 8 heteroatoms. The predicted octanol–water partition coefficient (Wildman–Crippen LogP) is 2.63. The van der Waals surface area contributed by atoms with Crippen LogP contribution in [0.25, 0.3) is 0 Å². The molecule has 0 radical (unpaired) electrons. The second kappa shape index (κ2) is 13.1. The van der Waals surface area contributed by atoms with Crippen LogP contribution in [0.1, 0.15) is 31.2 Å². The Balaban J connectivity index is 0.00000300. The molecule has 2 aliphatic rings. The fourth-order valence-corrected chi connectivity index (χ4v) is 3.67. The number of morpholine rings is 1. The summed E-state index contributed by atoms with van der Waals surface area (Å²) < 4.78 is 17.0. The van der Waals surface area contributed by atoms with Gasteiger partial charge in [0.2, 0.25) is 0 Å². The number of halogens is 1. The first kappa shape index (κ1) is 24.0. The van der Waals surface area contributed by atoms with Crippen molar-refractivity contribution < 1.29 is 14.2 Å². The minimum Gasteiger partial charge on any atom is -0.493 e. The summed E-state index contributed by atoms with van der Waals surface area (Å²) in [6, 6.07) is 6.12. The molecular weight excluding hydrogens is 483 g/mol. The Bertz CT molecular complexity index is 632. The van der Waals surface area contributed by atoms with Crippen LogP contribution in [0, 0.1) is 0 Å². The molecule has 7 nitrogen and oxygen atoms in total. The Morgan fingerprint density at radius 2 is 1.93 bits per heavy atom. The fourth-order valence-electron chi connectivity index (χ4n) is 3.67. The Morgan fingerprint density at radius 3 is 2.62 bits per heavy atom. The molecule has 29 heavy (non-hydrogen) atoms. The van der Waals surface area contributed by atoms with E-state index in [1.807, 2.05) is 6.07 Å². The molecular formula is C21H35IN4O3. The standard InChI is InChI=1S/C21H34N4O3.HI/c1-22-21(23-9-10-25-11-13-27-14-12-25)24-16-17-7-8-19(26-2)20(15-17)28-18-5-3-4-6-18;/h7-8,15,18H,3-6,9-14,16H2,1-2H3,(H2,22,23,24);1H. The number of hydrogen-bond acceptors (Lipinski definition) is 5. The van der Waals surface area contributed by atoms with Crippen LogP contribution in [-0.4, -0.2) is 70.5 Å². The van der Waals surface area contributed by atoms with E-state index >= 15 is 0 Å². The molecule has 0 amide bonds. The van der Waals surface area contributed by atoms with Gasteiger partial charge in [0.15, 0.2) is 17.5 Å². The Morgan fingerprint density at radius 1 is 1.17 bits per heavy atom. The lowest BCUT2D eigenvalue weighted by atomic mass is 10.2. The number of benzene rings is 1. The second-order valence-corrected chi connectivity index (χ2v) is 7.32. The molecule has 0 atom stereocenters. The first-order valence-corrected chi connectivity index (χ1v) is 10.4. The number of nitrogens with one attached hydrogen (secondary N) is 2. The lowest BCUT2D eigenvalue weighted by Crippen LogP contribution is -2.44. The third kappa shape index (κ3) is 7.82. The van der Waals surface area contributed by atoms with E-state index in [1.54, 1.807) is 14.2 Å². The van der Waals surface area contributed by atoms with Gasteiger partial charge in [-0.05, 0) is 43.4 Å². The molecule has 2 N–H and O–H groups in total. The van der Waals surface area contributed by atoms with Gasteiger partial charge < -0.3 is 24.8 Å². The van der Waals surface area contributed by atoms with E-state index in [2.05, 4.69) is 32.7 Å². The SMILES string of the molecule is CN=C(NCCN1CCOCC1)NCc1ccc(OC)c(OC2CCCC2)c1.I. The van der Waals surface area contributed by atoms with Gasteiger partial charge in [0.25, 0.3) is 0 Å². The van der Waals surface area contributed by atoms with E-state index in [4.69, 9.17) is 14.2 Å². The van der Waals surface area contributed by atoms with Gasteiger partial charge in [0.05, 0.1) is 26.4 Å². The molecule has 1 saturated heterocycles. The van der Waals surface area contributed by atoms with Crippen molar-refractivity contribution in [2.24, 2.45) is 4.99 Å². The zero-order valence-electron chi connectivity index (χ0n) is 17.6. The maximum absolute atomic E-state index is 6.19. The van der Waals surface area contributed by atoms with Crippen molar-refractivity contribution in [3.8, 4) is 11.5 Å². The smallest absolute Gasteiger partial charge is 0.191 e. The van der Waals surface area contributed by atoms with Gasteiger partial charge in [-0.1, -0.05) is 6.07 Å². The summed E-state index contributed by atoms with van der Waals surface area (Å²) in [5.74, 6) is 2.44. The molecule has 1 aliphatic heterocycles. The van der Waals surface area contributed by atoms with Crippen LogP contribution in [0.4, 0.5) is 0 Å². The number of aliphatic imine (C=N–C) groups is 1. The number of methoxy groups -OCH3 is 1. The average Bonchev–Trinajstić information content (AvgIpc) is 3.24. The van der Waals surface area contributed by atoms with Gasteiger partial charge in [-0.3, -0.25) is 9.89 Å². The number of ether oxygens (including phenoxy) is 3. The van der Waals surface area contributed by atoms with Crippen molar-refractivity contribution >= 4 is 29.9 Å². The van der Waals surface area contributed by atoms with Crippen LogP contribution in [0.15, 0.2) is 23.2 Å². The van der Waals surface area contributed by atoms with Gasteiger partial charge >= 0.3 is 0 Å². The molecule has 0 bridgehead atoms. The quantitative estimate of drug-likeness (QED) is 0.314. The van der Waals surface area contributed by atoms with Gasteiger partial charge in [0, 0.05) is 39.8 Å². The summed E-state index contributed by atoms with van der Waals surface area (Å²) >= 11 is 0. The van der Waals surface area contributed by atoms with Crippen molar-refractivity contribution in [2.45, 2.75) is 38.3 Å². The zero-order chi connectivity index (χ0) is 19.6. The van der Waals surface area contributed by atoms with E-state index in [-0.39, 0.29) is 24.0 Å². The summed E-state index contributed by atoms with van der Waals surface area (Å²) in [7, 11) is 3.49. The minimum atomic E-state index is 0. The maximum Gasteiger partial charge on any atom is 0.191 e. The summed E-state index contributed by atoms with van der Waals surface area (Å²) in [5, 5.41) is 6.76. The second-order valence-electron chi connectivity index (χ2n) is 7.32. The summed E-state index contributed by atoms with van der Waals surface area (Å²) in [5.41, 5.74) is 1.14. The van der Waals surface area contributed by atoms with E-state index in [1.165, 1.54) is 12.8 Å². The van der Waals surface area contributed by atoms with Crippen molar-refractivity contribution in [3.05, 3.63) is 23.8 Å². The van der Waals surface area contributed by atoms with Crippen LogP contribution in [0.3, 0.4) is 0 Å². The molecule has 1 aliphatic carbocycles. The molecule has 1 aromatic carbocycles. The van der Waals surface area contributed by atoms with Crippen LogP contribution in [0.2, 0.25) is 0 Å². The normalized spacial score (nSPS) is 18.2. The number of guanidine groups is 1. The highest BCUT2D eigenvalue weighted by Gasteiger charge is 2.18. The van der Waals surface area contributed by atoms with Crippen molar-refractivity contribution in [1.82, 2.24) is 15.5 Å². The topological polar surface area (TPSA) is 67.4 Å².